The molecule has 3 N–H and O–H groups in total. The summed E-state index contributed by atoms with van der Waals surface area (Å²) in [5, 5.41) is 8.94. The molecule has 90 valence electrons. The van der Waals surface area contributed by atoms with Gasteiger partial charge in [0.2, 0.25) is 11.8 Å². The average Bonchev–Trinajstić information content (AvgIpc) is 2.74. The molecule has 5 heteroatoms. The first-order valence-corrected chi connectivity index (χ1v) is 6.06. The van der Waals surface area contributed by atoms with Gasteiger partial charge in [0.15, 0.2) is 0 Å². The van der Waals surface area contributed by atoms with Gasteiger partial charge in [0.1, 0.15) is 6.04 Å². The van der Waals surface area contributed by atoms with Gasteiger partial charge in [-0.1, -0.05) is 6.42 Å². The van der Waals surface area contributed by atoms with Crippen LogP contribution in [0.2, 0.25) is 0 Å². The predicted molar refractivity (Wildman–Crippen MR) is 59.8 cm³/mol. The fourth-order valence-corrected chi connectivity index (χ4v) is 2.26. The highest BCUT2D eigenvalue weighted by molar-refractivity contribution is 5.90. The molecule has 0 aromatic heterocycles. The summed E-state index contributed by atoms with van der Waals surface area (Å²) in [7, 11) is 0. The molecule has 0 spiro atoms. The maximum Gasteiger partial charge on any atom is 0.242 e. The van der Waals surface area contributed by atoms with Crippen molar-refractivity contribution < 1.29 is 9.59 Å². The molecule has 1 unspecified atom stereocenters. The number of piperidine rings is 1. The number of carbonyl (C=O) groups excluding carboxylic acids is 2. The van der Waals surface area contributed by atoms with Gasteiger partial charge in [-0.3, -0.25) is 9.59 Å². The smallest absolute Gasteiger partial charge is 0.242 e. The average molecular weight is 225 g/mol. The number of amides is 2. The summed E-state index contributed by atoms with van der Waals surface area (Å²) in [6, 6.07) is 0.0888. The topological polar surface area (TPSA) is 70.2 Å². The molecule has 0 aromatic carbocycles. The van der Waals surface area contributed by atoms with Crippen molar-refractivity contribution in [2.24, 2.45) is 0 Å². The Morgan fingerprint density at radius 1 is 1.38 bits per heavy atom. The van der Waals surface area contributed by atoms with Crippen LogP contribution >= 0.6 is 0 Å². The van der Waals surface area contributed by atoms with Gasteiger partial charge in [0, 0.05) is 19.0 Å². The summed E-state index contributed by atoms with van der Waals surface area (Å²) >= 11 is 0. The summed E-state index contributed by atoms with van der Waals surface area (Å²) in [5.41, 5.74) is 0. The predicted octanol–water partition coefficient (Wildman–Crippen LogP) is -0.477. The summed E-state index contributed by atoms with van der Waals surface area (Å²) in [5.74, 6) is -0.0610. The largest absolute Gasteiger partial charge is 0.353 e. The van der Waals surface area contributed by atoms with Crippen LogP contribution in [0.15, 0.2) is 0 Å². The van der Waals surface area contributed by atoms with Crippen molar-refractivity contribution in [2.45, 2.75) is 44.2 Å². The summed E-state index contributed by atoms with van der Waals surface area (Å²) in [6.45, 7) is 1.71. The van der Waals surface area contributed by atoms with Crippen molar-refractivity contribution in [3.05, 3.63) is 0 Å². The van der Waals surface area contributed by atoms with E-state index in [0.29, 0.717) is 25.4 Å². The third-order valence-corrected chi connectivity index (χ3v) is 3.25. The van der Waals surface area contributed by atoms with E-state index < -0.39 is 0 Å². The Labute approximate surface area is 95.3 Å². The monoisotopic (exact) mass is 225 g/mol. The van der Waals surface area contributed by atoms with E-state index >= 15 is 0 Å². The Balaban J connectivity index is 1.68. The number of hydrogen-bond donors (Lipinski definition) is 3. The van der Waals surface area contributed by atoms with Gasteiger partial charge in [-0.25, -0.2) is 0 Å². The molecule has 0 radical (unpaired) electrons. The molecule has 5 nitrogen and oxygen atoms in total. The molecule has 0 aromatic rings. The van der Waals surface area contributed by atoms with Crippen LogP contribution in [0.25, 0.3) is 0 Å². The van der Waals surface area contributed by atoms with E-state index in [1.807, 2.05) is 0 Å². The molecule has 2 atom stereocenters. The van der Waals surface area contributed by atoms with Crippen LogP contribution in [-0.2, 0) is 9.59 Å². The van der Waals surface area contributed by atoms with Gasteiger partial charge in [0.25, 0.3) is 0 Å². The Morgan fingerprint density at radius 3 is 2.88 bits per heavy atom. The second-order valence-corrected chi connectivity index (χ2v) is 4.55. The molecule has 0 bridgehead atoms. The lowest BCUT2D eigenvalue weighted by atomic mass is 10.1. The van der Waals surface area contributed by atoms with E-state index in [2.05, 4.69) is 16.0 Å². The fraction of sp³-hybridized carbons (Fsp3) is 0.818. The van der Waals surface area contributed by atoms with Crippen molar-refractivity contribution in [1.29, 1.82) is 0 Å². The molecule has 2 fully saturated rings. The highest BCUT2D eigenvalue weighted by atomic mass is 16.2. The first-order chi connectivity index (χ1) is 7.75. The van der Waals surface area contributed by atoms with Crippen LogP contribution in [0.4, 0.5) is 0 Å². The summed E-state index contributed by atoms with van der Waals surface area (Å²) < 4.78 is 0. The maximum atomic E-state index is 11.7. The molecule has 2 rings (SSSR count). The molecule has 2 amide bonds. The van der Waals surface area contributed by atoms with E-state index in [9.17, 15) is 9.59 Å². The Morgan fingerprint density at radius 2 is 2.25 bits per heavy atom. The van der Waals surface area contributed by atoms with Gasteiger partial charge in [0.05, 0.1) is 0 Å². The Kier molecular flexibility index (Phi) is 3.77. The van der Waals surface area contributed by atoms with Gasteiger partial charge in [-0.15, -0.1) is 0 Å². The summed E-state index contributed by atoms with van der Waals surface area (Å²) in [4.78, 5) is 22.6. The SMILES string of the molecule is O=C1CC[C@@H](C(=O)NCC2CCCCN2)N1. The Bertz CT molecular complexity index is 274. The molecular weight excluding hydrogens is 206 g/mol. The minimum atomic E-state index is -0.309. The first-order valence-electron chi connectivity index (χ1n) is 6.06. The standard InChI is InChI=1S/C11H19N3O2/c15-10-5-4-9(14-10)11(16)13-7-8-3-1-2-6-12-8/h8-9,12H,1-7H2,(H,13,16)(H,14,15)/t8?,9-/m0/s1. The van der Waals surface area contributed by atoms with E-state index in [1.54, 1.807) is 0 Å². The molecule has 0 saturated carbocycles. The molecule has 16 heavy (non-hydrogen) atoms. The molecular formula is C11H19N3O2. The Hall–Kier alpha value is -1.10. The van der Waals surface area contributed by atoms with Crippen LogP contribution in [0, 0.1) is 0 Å². The van der Waals surface area contributed by atoms with Crippen molar-refractivity contribution in [3.63, 3.8) is 0 Å². The zero-order valence-electron chi connectivity index (χ0n) is 9.42. The van der Waals surface area contributed by atoms with E-state index in [4.69, 9.17) is 0 Å². The van der Waals surface area contributed by atoms with Gasteiger partial charge < -0.3 is 16.0 Å². The number of carbonyl (C=O) groups is 2. The maximum absolute atomic E-state index is 11.7. The van der Waals surface area contributed by atoms with Gasteiger partial charge >= 0.3 is 0 Å². The third-order valence-electron chi connectivity index (χ3n) is 3.25. The van der Waals surface area contributed by atoms with Crippen LogP contribution in [0.5, 0.6) is 0 Å². The van der Waals surface area contributed by atoms with Gasteiger partial charge in [-0.2, -0.15) is 0 Å². The zero-order valence-corrected chi connectivity index (χ0v) is 9.42. The van der Waals surface area contributed by atoms with E-state index in [-0.39, 0.29) is 17.9 Å². The van der Waals surface area contributed by atoms with Crippen LogP contribution in [0.3, 0.4) is 0 Å². The lowest BCUT2D eigenvalue weighted by Gasteiger charge is -2.24. The van der Waals surface area contributed by atoms with Crippen molar-refractivity contribution in [2.75, 3.05) is 13.1 Å². The lowest BCUT2D eigenvalue weighted by Crippen LogP contribution is -2.48. The minimum Gasteiger partial charge on any atom is -0.353 e. The molecule has 2 aliphatic rings. The number of hydrogen-bond acceptors (Lipinski definition) is 3. The zero-order chi connectivity index (χ0) is 11.4. The van der Waals surface area contributed by atoms with Crippen molar-refractivity contribution >= 4 is 11.8 Å². The molecule has 2 heterocycles. The molecule has 0 aliphatic carbocycles. The molecule has 2 aliphatic heterocycles. The number of nitrogens with one attached hydrogen (secondary N) is 3. The summed E-state index contributed by atoms with van der Waals surface area (Å²) in [6.07, 6.45) is 4.68. The van der Waals surface area contributed by atoms with Crippen LogP contribution < -0.4 is 16.0 Å². The number of rotatable bonds is 3. The van der Waals surface area contributed by atoms with Crippen LogP contribution in [-0.4, -0.2) is 37.0 Å². The minimum absolute atomic E-state index is 0.0176. The van der Waals surface area contributed by atoms with Crippen molar-refractivity contribution in [1.82, 2.24) is 16.0 Å². The first kappa shape index (κ1) is 11.4. The fourth-order valence-electron chi connectivity index (χ4n) is 2.26. The van der Waals surface area contributed by atoms with Crippen molar-refractivity contribution in [3.8, 4) is 0 Å². The lowest BCUT2D eigenvalue weighted by molar-refractivity contribution is -0.125. The normalized spacial score (nSPS) is 29.9. The van der Waals surface area contributed by atoms with Crippen LogP contribution in [0.1, 0.15) is 32.1 Å². The second kappa shape index (κ2) is 5.30. The van der Waals surface area contributed by atoms with Gasteiger partial charge in [-0.05, 0) is 25.8 Å². The van der Waals surface area contributed by atoms with E-state index in [0.717, 1.165) is 13.0 Å². The quantitative estimate of drug-likeness (QED) is 0.608. The molecule has 2 saturated heterocycles. The third kappa shape index (κ3) is 2.95. The van der Waals surface area contributed by atoms with E-state index in [1.165, 1.54) is 12.8 Å². The highest BCUT2D eigenvalue weighted by Crippen LogP contribution is 2.08. The second-order valence-electron chi connectivity index (χ2n) is 4.55. The highest BCUT2D eigenvalue weighted by Gasteiger charge is 2.27.